The maximum atomic E-state index is 13.5. The summed E-state index contributed by atoms with van der Waals surface area (Å²) in [5, 5.41) is 0.607. The normalized spacial score (nSPS) is 18.1. The molecule has 0 aromatic heterocycles. The summed E-state index contributed by atoms with van der Waals surface area (Å²) in [7, 11) is 0. The molecule has 8 heteroatoms. The molecule has 3 aromatic rings. The van der Waals surface area contributed by atoms with Gasteiger partial charge in [-0.1, -0.05) is 48.5 Å². The van der Waals surface area contributed by atoms with Gasteiger partial charge in [0.15, 0.2) is 5.17 Å². The standard InChI is InChI=1S/C29H27N3O4S/c1-20-7-6-8-21(2)26(20)30-28-32(23-9-4-3-5-10-23)27(33)25(37-28)19-22-11-13-24(14-12-22)36-29(34)31-15-17-35-18-16-31/h3-14,19H,15-18H2,1-2H3/b25-19-,30-28?. The van der Waals surface area contributed by atoms with Crippen molar-refractivity contribution in [2.45, 2.75) is 13.8 Å². The first-order valence-electron chi connectivity index (χ1n) is 12.1. The van der Waals surface area contributed by atoms with Crippen LogP contribution in [0.5, 0.6) is 5.75 Å². The van der Waals surface area contributed by atoms with E-state index < -0.39 is 0 Å². The maximum Gasteiger partial charge on any atom is 0.415 e. The van der Waals surface area contributed by atoms with Gasteiger partial charge in [0, 0.05) is 13.1 Å². The van der Waals surface area contributed by atoms with E-state index in [0.717, 1.165) is 28.1 Å². The number of amides is 2. The number of thioether (sulfide) groups is 1. The van der Waals surface area contributed by atoms with Gasteiger partial charge in [0.25, 0.3) is 5.91 Å². The summed E-state index contributed by atoms with van der Waals surface area (Å²) in [6, 6.07) is 22.7. The fourth-order valence-corrected chi connectivity index (χ4v) is 5.11. The monoisotopic (exact) mass is 513 g/mol. The molecule has 0 bridgehead atoms. The number of aryl methyl sites for hydroxylation is 2. The fraction of sp³-hybridized carbons (Fsp3) is 0.207. The zero-order chi connectivity index (χ0) is 25.8. The molecular weight excluding hydrogens is 486 g/mol. The number of benzene rings is 3. The van der Waals surface area contributed by atoms with Crippen LogP contribution in [0.15, 0.2) is 82.7 Å². The van der Waals surface area contributed by atoms with Gasteiger partial charge in [-0.25, -0.2) is 9.79 Å². The first-order valence-corrected chi connectivity index (χ1v) is 12.9. The highest BCUT2D eigenvalue weighted by Gasteiger charge is 2.35. The van der Waals surface area contributed by atoms with Gasteiger partial charge in [0.2, 0.25) is 0 Å². The zero-order valence-electron chi connectivity index (χ0n) is 20.7. The predicted octanol–water partition coefficient (Wildman–Crippen LogP) is 5.94. The summed E-state index contributed by atoms with van der Waals surface area (Å²) in [5.74, 6) is 0.316. The molecular formula is C29H27N3O4S. The van der Waals surface area contributed by atoms with Gasteiger partial charge in [0.05, 0.1) is 29.5 Å². The summed E-state index contributed by atoms with van der Waals surface area (Å²) in [6.45, 7) is 6.11. The molecule has 2 saturated heterocycles. The lowest BCUT2D eigenvalue weighted by molar-refractivity contribution is -0.113. The molecule has 0 saturated carbocycles. The number of rotatable bonds is 4. The third kappa shape index (κ3) is 5.60. The summed E-state index contributed by atoms with van der Waals surface area (Å²) in [4.78, 5) is 34.7. The van der Waals surface area contributed by atoms with E-state index in [-0.39, 0.29) is 12.0 Å². The molecule has 0 atom stereocenters. The molecule has 0 unspecified atom stereocenters. The van der Waals surface area contributed by atoms with E-state index in [2.05, 4.69) is 0 Å². The molecule has 0 spiro atoms. The van der Waals surface area contributed by atoms with Crippen LogP contribution in [0, 0.1) is 13.8 Å². The molecule has 3 aromatic carbocycles. The lowest BCUT2D eigenvalue weighted by atomic mass is 10.1. The smallest absolute Gasteiger partial charge is 0.410 e. The minimum absolute atomic E-state index is 0.135. The minimum atomic E-state index is -0.387. The van der Waals surface area contributed by atoms with Crippen molar-refractivity contribution in [3.8, 4) is 5.75 Å². The zero-order valence-corrected chi connectivity index (χ0v) is 21.5. The molecule has 37 heavy (non-hydrogen) atoms. The fourth-order valence-electron chi connectivity index (χ4n) is 4.13. The van der Waals surface area contributed by atoms with Crippen LogP contribution in [0.4, 0.5) is 16.2 Å². The SMILES string of the molecule is Cc1cccc(C)c1N=C1S/C(=C\c2ccc(OC(=O)N3CCOCC3)cc2)C(=O)N1c1ccccc1. The Morgan fingerprint density at radius 3 is 2.30 bits per heavy atom. The summed E-state index contributed by atoms with van der Waals surface area (Å²) >= 11 is 1.35. The molecule has 188 valence electrons. The Morgan fingerprint density at radius 1 is 0.946 bits per heavy atom. The van der Waals surface area contributed by atoms with E-state index in [1.54, 1.807) is 21.9 Å². The summed E-state index contributed by atoms with van der Waals surface area (Å²) < 4.78 is 10.8. The van der Waals surface area contributed by atoms with Crippen molar-refractivity contribution in [2.75, 3.05) is 31.2 Å². The van der Waals surface area contributed by atoms with Gasteiger partial charge in [-0.15, -0.1) is 0 Å². The molecule has 7 nitrogen and oxygen atoms in total. The van der Waals surface area contributed by atoms with Crippen LogP contribution in [0.25, 0.3) is 6.08 Å². The Bertz CT molecular complexity index is 1340. The molecule has 0 N–H and O–H groups in total. The van der Waals surface area contributed by atoms with Crippen LogP contribution < -0.4 is 9.64 Å². The molecule has 2 fully saturated rings. The second-order valence-corrected chi connectivity index (χ2v) is 9.77. The third-order valence-electron chi connectivity index (χ3n) is 6.12. The first kappa shape index (κ1) is 24.8. The van der Waals surface area contributed by atoms with E-state index in [4.69, 9.17) is 14.5 Å². The first-order chi connectivity index (χ1) is 18.0. The molecule has 2 aliphatic heterocycles. The van der Waals surface area contributed by atoms with E-state index in [0.29, 0.717) is 42.1 Å². The van der Waals surface area contributed by atoms with Crippen molar-refractivity contribution in [1.29, 1.82) is 0 Å². The van der Waals surface area contributed by atoms with Crippen LogP contribution in [0.1, 0.15) is 16.7 Å². The van der Waals surface area contributed by atoms with Crippen LogP contribution in [-0.4, -0.2) is 48.4 Å². The highest BCUT2D eigenvalue weighted by atomic mass is 32.2. The number of hydrogen-bond acceptors (Lipinski definition) is 6. The molecule has 2 aliphatic rings. The topological polar surface area (TPSA) is 71.4 Å². The number of anilines is 1. The number of nitrogens with zero attached hydrogens (tertiary/aromatic N) is 3. The number of carbonyl (C=O) groups excluding carboxylic acids is 2. The van der Waals surface area contributed by atoms with Gasteiger partial charge in [-0.2, -0.15) is 0 Å². The van der Waals surface area contributed by atoms with Gasteiger partial charge >= 0.3 is 6.09 Å². The Labute approximate surface area is 220 Å². The molecule has 0 aliphatic carbocycles. The second-order valence-electron chi connectivity index (χ2n) is 8.76. The number of ether oxygens (including phenoxy) is 2. The van der Waals surface area contributed by atoms with Crippen molar-refractivity contribution in [1.82, 2.24) is 4.90 Å². The summed E-state index contributed by atoms with van der Waals surface area (Å²) in [6.07, 6.45) is 1.45. The largest absolute Gasteiger partial charge is 0.415 e. The van der Waals surface area contributed by atoms with Gasteiger partial charge in [0.1, 0.15) is 5.75 Å². The van der Waals surface area contributed by atoms with Gasteiger partial charge < -0.3 is 14.4 Å². The number of aliphatic imine (C=N–C) groups is 1. The van der Waals surface area contributed by atoms with E-state index in [9.17, 15) is 9.59 Å². The van der Waals surface area contributed by atoms with E-state index >= 15 is 0 Å². The number of para-hydroxylation sites is 2. The minimum Gasteiger partial charge on any atom is -0.410 e. The van der Waals surface area contributed by atoms with Gasteiger partial charge in [-0.3, -0.25) is 9.69 Å². The summed E-state index contributed by atoms with van der Waals surface area (Å²) in [5.41, 5.74) is 4.55. The Balaban J connectivity index is 1.40. The number of amidine groups is 1. The Kier molecular flexibility index (Phi) is 7.39. The van der Waals surface area contributed by atoms with Crippen molar-refractivity contribution >= 4 is 46.4 Å². The number of morpholine rings is 1. The van der Waals surface area contributed by atoms with Gasteiger partial charge in [-0.05, 0) is 72.6 Å². The average Bonchev–Trinajstić information content (AvgIpc) is 3.22. The van der Waals surface area contributed by atoms with Crippen molar-refractivity contribution < 1.29 is 19.1 Å². The number of hydrogen-bond donors (Lipinski definition) is 0. The van der Waals surface area contributed by atoms with Crippen LogP contribution in [-0.2, 0) is 9.53 Å². The lowest BCUT2D eigenvalue weighted by Gasteiger charge is -2.25. The Morgan fingerprint density at radius 2 is 1.62 bits per heavy atom. The molecule has 5 rings (SSSR count). The quantitative estimate of drug-likeness (QED) is 0.404. The average molecular weight is 514 g/mol. The van der Waals surface area contributed by atoms with Crippen LogP contribution in [0.2, 0.25) is 0 Å². The predicted molar refractivity (Wildman–Crippen MR) is 147 cm³/mol. The number of carbonyl (C=O) groups is 2. The van der Waals surface area contributed by atoms with E-state index in [1.165, 1.54) is 11.8 Å². The highest BCUT2D eigenvalue weighted by molar-refractivity contribution is 8.19. The molecule has 0 radical (unpaired) electrons. The van der Waals surface area contributed by atoms with Crippen molar-refractivity contribution in [3.63, 3.8) is 0 Å². The Hall–Kier alpha value is -3.88. The highest BCUT2D eigenvalue weighted by Crippen LogP contribution is 2.38. The van der Waals surface area contributed by atoms with E-state index in [1.807, 2.05) is 80.6 Å². The molecule has 2 heterocycles. The van der Waals surface area contributed by atoms with Crippen LogP contribution in [0.3, 0.4) is 0 Å². The third-order valence-corrected chi connectivity index (χ3v) is 7.09. The maximum absolute atomic E-state index is 13.5. The van der Waals surface area contributed by atoms with Crippen molar-refractivity contribution in [3.05, 3.63) is 94.4 Å². The molecule has 2 amide bonds. The van der Waals surface area contributed by atoms with Crippen LogP contribution >= 0.6 is 11.8 Å². The second kappa shape index (κ2) is 11.0. The van der Waals surface area contributed by atoms with Crippen molar-refractivity contribution in [2.24, 2.45) is 4.99 Å². The lowest BCUT2D eigenvalue weighted by Crippen LogP contribution is -2.42.